The highest BCUT2D eigenvalue weighted by atomic mass is 14.9. The van der Waals surface area contributed by atoms with Gasteiger partial charge in [0.25, 0.3) is 0 Å². The first-order valence-corrected chi connectivity index (χ1v) is 11.6. The molecule has 1 aliphatic rings. The molecule has 0 aromatic heterocycles. The molecule has 0 bridgehead atoms. The summed E-state index contributed by atoms with van der Waals surface area (Å²) in [6, 6.07) is 10.7. The lowest BCUT2D eigenvalue weighted by Gasteiger charge is -2.29. The zero-order chi connectivity index (χ0) is 20.4. The zero-order valence-electron chi connectivity index (χ0n) is 19.0. The molecule has 0 atom stereocenters. The molecule has 0 fully saturated rings. The van der Waals surface area contributed by atoms with Crippen molar-refractivity contribution in [1.29, 1.82) is 0 Å². The van der Waals surface area contributed by atoms with Crippen molar-refractivity contribution in [2.75, 3.05) is 5.32 Å². The van der Waals surface area contributed by atoms with Crippen LogP contribution < -0.4 is 5.32 Å². The third kappa shape index (κ3) is 7.49. The molecule has 0 unspecified atom stereocenters. The number of benzene rings is 1. The summed E-state index contributed by atoms with van der Waals surface area (Å²) in [7, 11) is 0. The second-order valence-corrected chi connectivity index (χ2v) is 9.30. The fraction of sp³-hybridized carbons (Fsp3) is 0.640. The summed E-state index contributed by atoms with van der Waals surface area (Å²) in [5.74, 6) is 0. The Bertz CT molecular complexity index is 632. The van der Waals surface area contributed by atoms with Gasteiger partial charge in [-0.05, 0) is 64.2 Å². The summed E-state index contributed by atoms with van der Waals surface area (Å²) in [6.45, 7) is 11.9. The predicted octanol–water partition coefficient (Wildman–Crippen LogP) is 7.80. The summed E-state index contributed by atoms with van der Waals surface area (Å²) in [6.07, 6.45) is 12.5. The van der Waals surface area contributed by atoms with Gasteiger partial charge >= 0.3 is 0 Å². The van der Waals surface area contributed by atoms with Crippen LogP contribution in [0.1, 0.15) is 86.0 Å². The normalized spacial score (nSPS) is 15.7. The number of rotatable bonds is 10. The maximum absolute atomic E-state index is 5.35. The molecular weight excluding hydrogens is 339 g/mol. The molecule has 0 spiro atoms. The fourth-order valence-corrected chi connectivity index (χ4v) is 4.11. The molecular formula is C25H41BN2. The average molecular weight is 380 g/mol. The molecule has 3 heteroatoms. The highest BCUT2D eigenvalue weighted by molar-refractivity contribution is 6.93. The van der Waals surface area contributed by atoms with E-state index < -0.39 is 0 Å². The van der Waals surface area contributed by atoms with E-state index in [-0.39, 0.29) is 5.54 Å². The minimum atomic E-state index is -0.0334. The highest BCUT2D eigenvalue weighted by Crippen LogP contribution is 2.31. The summed E-state index contributed by atoms with van der Waals surface area (Å²) in [5.41, 5.74) is 5.51. The fourth-order valence-electron chi connectivity index (χ4n) is 4.11. The molecule has 1 N–H and O–H groups in total. The Morgan fingerprint density at radius 1 is 0.964 bits per heavy atom. The molecule has 1 aliphatic carbocycles. The van der Waals surface area contributed by atoms with Crippen LogP contribution in [0.2, 0.25) is 12.6 Å². The van der Waals surface area contributed by atoms with Gasteiger partial charge in [-0.3, -0.25) is 4.99 Å². The molecule has 154 valence electrons. The maximum Gasteiger partial charge on any atom is 0.200 e. The first-order chi connectivity index (χ1) is 13.4. The second kappa shape index (κ2) is 11.5. The average Bonchev–Trinajstić information content (AvgIpc) is 2.67. The van der Waals surface area contributed by atoms with Gasteiger partial charge in [-0.2, -0.15) is 0 Å². The second-order valence-electron chi connectivity index (χ2n) is 9.30. The van der Waals surface area contributed by atoms with Crippen molar-refractivity contribution in [1.82, 2.24) is 0 Å². The molecule has 0 radical (unpaired) electrons. The summed E-state index contributed by atoms with van der Waals surface area (Å²) >= 11 is 0. The monoisotopic (exact) mass is 380 g/mol. The third-order valence-corrected chi connectivity index (χ3v) is 5.50. The molecule has 0 heterocycles. The lowest BCUT2D eigenvalue weighted by Crippen LogP contribution is -2.33. The molecule has 1 aromatic carbocycles. The van der Waals surface area contributed by atoms with Crippen LogP contribution in [0.25, 0.3) is 0 Å². The number of nitrogens with one attached hydrogen (secondary N) is 1. The minimum Gasteiger partial charge on any atom is -0.359 e. The van der Waals surface area contributed by atoms with Gasteiger partial charge < -0.3 is 5.32 Å². The van der Waals surface area contributed by atoms with Crippen LogP contribution in [-0.2, 0) is 0 Å². The van der Waals surface area contributed by atoms with E-state index in [9.17, 15) is 0 Å². The minimum absolute atomic E-state index is 0.0334. The van der Waals surface area contributed by atoms with Crippen LogP contribution in [0.15, 0.2) is 46.6 Å². The molecule has 2 rings (SSSR count). The van der Waals surface area contributed by atoms with Crippen molar-refractivity contribution in [3.05, 3.63) is 41.6 Å². The van der Waals surface area contributed by atoms with Crippen molar-refractivity contribution >= 4 is 18.0 Å². The van der Waals surface area contributed by atoms with E-state index in [1.807, 2.05) is 0 Å². The molecule has 1 aromatic rings. The number of aliphatic imine (C=N–C) groups is 1. The van der Waals surface area contributed by atoms with Crippen LogP contribution in [0.3, 0.4) is 0 Å². The van der Waals surface area contributed by atoms with Gasteiger partial charge in [-0.15, -0.1) is 0 Å². The zero-order valence-corrected chi connectivity index (χ0v) is 19.0. The number of allylic oxidation sites excluding steroid dienone is 2. The van der Waals surface area contributed by atoms with Crippen LogP contribution in [0, 0.1) is 0 Å². The Kier molecular flexibility index (Phi) is 9.34. The Balaban J connectivity index is 2.43. The summed E-state index contributed by atoms with van der Waals surface area (Å²) in [5, 5.41) is 3.76. The molecule has 0 saturated heterocycles. The van der Waals surface area contributed by atoms with Crippen LogP contribution in [-0.4, -0.2) is 17.9 Å². The SMILES string of the molecule is CCCCB(CCCC)C(=NC(C)(C)C)C1=C(Nc2ccccc2)CCCC1. The number of unbranched alkanes of at least 4 members (excludes halogenated alkanes) is 2. The number of para-hydroxylation sites is 1. The number of hydrogen-bond donors (Lipinski definition) is 1. The number of nitrogens with zero attached hydrogens (tertiary/aromatic N) is 1. The van der Waals surface area contributed by atoms with Crippen molar-refractivity contribution in [3.8, 4) is 0 Å². The predicted molar refractivity (Wildman–Crippen MR) is 128 cm³/mol. The van der Waals surface area contributed by atoms with E-state index in [4.69, 9.17) is 4.99 Å². The standard InChI is InChI=1S/C25H41BN2/c1-6-8-19-26(20-9-7-2)24(28-25(3,4)5)22-17-13-14-18-23(22)27-21-15-11-10-12-16-21/h10-12,15-16,27H,6-9,13-14,17-20H2,1-5H3. The molecule has 28 heavy (non-hydrogen) atoms. The maximum atomic E-state index is 5.35. The van der Waals surface area contributed by atoms with Gasteiger partial charge in [-0.1, -0.05) is 70.4 Å². The first-order valence-electron chi connectivity index (χ1n) is 11.6. The van der Waals surface area contributed by atoms with Crippen molar-refractivity contribution in [2.45, 2.75) is 104 Å². The van der Waals surface area contributed by atoms with Gasteiger partial charge in [-0.25, -0.2) is 0 Å². The number of anilines is 1. The summed E-state index contributed by atoms with van der Waals surface area (Å²) in [4.78, 5) is 5.35. The first kappa shape index (κ1) is 22.8. The topological polar surface area (TPSA) is 24.4 Å². The van der Waals surface area contributed by atoms with Gasteiger partial charge in [0.05, 0.1) is 5.54 Å². The van der Waals surface area contributed by atoms with Crippen LogP contribution in [0.4, 0.5) is 5.69 Å². The third-order valence-electron chi connectivity index (χ3n) is 5.50. The lowest BCUT2D eigenvalue weighted by molar-refractivity contribution is 0.583. The van der Waals surface area contributed by atoms with Crippen LogP contribution >= 0.6 is 0 Å². The molecule has 0 saturated carbocycles. The largest absolute Gasteiger partial charge is 0.359 e. The summed E-state index contributed by atoms with van der Waals surface area (Å²) < 4.78 is 0. The highest BCUT2D eigenvalue weighted by Gasteiger charge is 2.28. The van der Waals surface area contributed by atoms with Crippen molar-refractivity contribution in [3.63, 3.8) is 0 Å². The van der Waals surface area contributed by atoms with E-state index in [0.29, 0.717) is 6.71 Å². The quantitative estimate of drug-likeness (QED) is 0.325. The van der Waals surface area contributed by atoms with Crippen molar-refractivity contribution in [2.24, 2.45) is 4.99 Å². The van der Waals surface area contributed by atoms with E-state index in [1.54, 1.807) is 0 Å². The van der Waals surface area contributed by atoms with E-state index in [1.165, 1.54) is 80.2 Å². The van der Waals surface area contributed by atoms with Crippen LogP contribution in [0.5, 0.6) is 0 Å². The van der Waals surface area contributed by atoms with Gasteiger partial charge in [0, 0.05) is 17.0 Å². The van der Waals surface area contributed by atoms with E-state index in [0.717, 1.165) is 6.42 Å². The Hall–Kier alpha value is -1.51. The Morgan fingerprint density at radius 3 is 2.14 bits per heavy atom. The van der Waals surface area contributed by atoms with E-state index in [2.05, 4.69) is 70.3 Å². The lowest BCUT2D eigenvalue weighted by atomic mass is 9.38. The van der Waals surface area contributed by atoms with E-state index >= 15 is 0 Å². The van der Waals surface area contributed by atoms with Crippen molar-refractivity contribution < 1.29 is 0 Å². The Labute approximate surface area is 174 Å². The Morgan fingerprint density at radius 2 is 1.57 bits per heavy atom. The molecule has 2 nitrogen and oxygen atoms in total. The van der Waals surface area contributed by atoms with Gasteiger partial charge in [0.1, 0.15) is 0 Å². The smallest absolute Gasteiger partial charge is 0.200 e. The molecule has 0 amide bonds. The van der Waals surface area contributed by atoms with Gasteiger partial charge in [0.15, 0.2) is 6.71 Å². The van der Waals surface area contributed by atoms with Gasteiger partial charge in [0.2, 0.25) is 0 Å². The molecule has 0 aliphatic heterocycles. The number of hydrogen-bond acceptors (Lipinski definition) is 2.